The van der Waals surface area contributed by atoms with E-state index in [0.717, 1.165) is 11.1 Å². The molecule has 21 heavy (non-hydrogen) atoms. The third-order valence-corrected chi connectivity index (χ3v) is 4.57. The van der Waals surface area contributed by atoms with Crippen LogP contribution in [-0.2, 0) is 16.6 Å². The summed E-state index contributed by atoms with van der Waals surface area (Å²) in [5, 5.41) is 0.910. The van der Waals surface area contributed by atoms with Gasteiger partial charge in [-0.1, -0.05) is 47.5 Å². The molecule has 0 atom stereocenters. The van der Waals surface area contributed by atoms with Gasteiger partial charge >= 0.3 is 0 Å². The van der Waals surface area contributed by atoms with E-state index in [-0.39, 0.29) is 12.2 Å². The second-order valence-corrected chi connectivity index (χ2v) is 6.35. The van der Waals surface area contributed by atoms with Gasteiger partial charge in [-0.3, -0.25) is 4.79 Å². The number of nitrogens with two attached hydrogens (primary N) is 1. The van der Waals surface area contributed by atoms with Crippen molar-refractivity contribution in [2.24, 2.45) is 0 Å². The average molecular weight is 322 g/mol. The molecule has 0 radical (unpaired) electrons. The second kappa shape index (κ2) is 6.08. The lowest BCUT2D eigenvalue weighted by atomic mass is 9.78. The number of hydrogen-bond acceptors (Lipinski definition) is 2. The molecule has 0 aromatic heterocycles. The van der Waals surface area contributed by atoms with Crippen LogP contribution < -0.4 is 5.73 Å². The molecule has 2 rings (SSSR count). The Morgan fingerprint density at radius 2 is 1.71 bits per heavy atom. The molecule has 0 aliphatic carbocycles. The van der Waals surface area contributed by atoms with Gasteiger partial charge in [-0.2, -0.15) is 0 Å². The Bertz CT molecular complexity index is 663. The second-order valence-electron chi connectivity index (χ2n) is 5.56. The first-order valence-electron chi connectivity index (χ1n) is 6.64. The zero-order chi connectivity index (χ0) is 15.6. The minimum atomic E-state index is -0.612. The molecule has 0 saturated heterocycles. The Kier molecular flexibility index (Phi) is 4.60. The quantitative estimate of drug-likeness (QED) is 0.832. The molecule has 0 unspecified atom stereocenters. The van der Waals surface area contributed by atoms with Crippen LogP contribution in [0.25, 0.3) is 0 Å². The summed E-state index contributed by atoms with van der Waals surface area (Å²) in [7, 11) is 0. The monoisotopic (exact) mass is 321 g/mol. The number of Topliss-reactive ketones (excluding diaryl/α,β-unsaturated/α-hetero) is 1. The summed E-state index contributed by atoms with van der Waals surface area (Å²) in [6.45, 7) is 3.80. The van der Waals surface area contributed by atoms with E-state index in [1.165, 1.54) is 0 Å². The van der Waals surface area contributed by atoms with Crippen molar-refractivity contribution in [3.05, 3.63) is 63.6 Å². The number of rotatable bonds is 4. The van der Waals surface area contributed by atoms with Gasteiger partial charge in [0.15, 0.2) is 0 Å². The summed E-state index contributed by atoms with van der Waals surface area (Å²) in [5.74, 6) is 0.0800. The van der Waals surface area contributed by atoms with Crippen LogP contribution in [0, 0.1) is 0 Å². The van der Waals surface area contributed by atoms with Crippen LogP contribution >= 0.6 is 23.2 Å². The van der Waals surface area contributed by atoms with Gasteiger partial charge in [-0.15, -0.1) is 0 Å². The van der Waals surface area contributed by atoms with Gasteiger partial charge in [0.05, 0.1) is 10.0 Å². The summed E-state index contributed by atoms with van der Waals surface area (Å²) in [6.07, 6.45) is 0.247. The molecule has 0 heterocycles. The highest BCUT2D eigenvalue weighted by Gasteiger charge is 2.29. The number of benzene rings is 2. The minimum absolute atomic E-state index is 0.0800. The lowest BCUT2D eigenvalue weighted by molar-refractivity contribution is -0.122. The Morgan fingerprint density at radius 1 is 1.10 bits per heavy atom. The van der Waals surface area contributed by atoms with Crippen molar-refractivity contribution in [3.63, 3.8) is 0 Å². The molecule has 2 nitrogen and oxygen atoms in total. The van der Waals surface area contributed by atoms with Crippen molar-refractivity contribution < 1.29 is 4.79 Å². The first-order valence-corrected chi connectivity index (χ1v) is 7.40. The van der Waals surface area contributed by atoms with E-state index in [4.69, 9.17) is 28.9 Å². The summed E-state index contributed by atoms with van der Waals surface area (Å²) in [5.41, 5.74) is 7.44. The van der Waals surface area contributed by atoms with Crippen molar-refractivity contribution in [3.8, 4) is 0 Å². The van der Waals surface area contributed by atoms with Gasteiger partial charge in [0.2, 0.25) is 0 Å². The van der Waals surface area contributed by atoms with Crippen molar-refractivity contribution >= 4 is 34.7 Å². The molecule has 0 aliphatic rings. The Balaban J connectivity index is 2.26. The van der Waals surface area contributed by atoms with Crippen LogP contribution in [0.5, 0.6) is 0 Å². The third-order valence-electron chi connectivity index (χ3n) is 3.71. The van der Waals surface area contributed by atoms with Crippen LogP contribution in [-0.4, -0.2) is 5.78 Å². The zero-order valence-electron chi connectivity index (χ0n) is 12.0. The van der Waals surface area contributed by atoms with Gasteiger partial charge in [0, 0.05) is 17.5 Å². The summed E-state index contributed by atoms with van der Waals surface area (Å²) >= 11 is 12.1. The topological polar surface area (TPSA) is 43.1 Å². The van der Waals surface area contributed by atoms with Crippen molar-refractivity contribution in [2.45, 2.75) is 25.7 Å². The van der Waals surface area contributed by atoms with E-state index in [0.29, 0.717) is 15.7 Å². The molecule has 0 fully saturated rings. The fourth-order valence-electron chi connectivity index (χ4n) is 2.14. The lowest BCUT2D eigenvalue weighted by Gasteiger charge is -2.24. The number of carbonyl (C=O) groups excluding carboxylic acids is 1. The normalized spacial score (nSPS) is 11.4. The molecule has 0 saturated carbocycles. The largest absolute Gasteiger partial charge is 0.399 e. The molecule has 2 aromatic rings. The van der Waals surface area contributed by atoms with Gasteiger partial charge in [0.1, 0.15) is 5.78 Å². The highest BCUT2D eigenvalue weighted by molar-refractivity contribution is 6.42. The summed E-state index contributed by atoms with van der Waals surface area (Å²) in [6, 6.07) is 12.7. The van der Waals surface area contributed by atoms with Gasteiger partial charge in [-0.25, -0.2) is 0 Å². The number of anilines is 1. The van der Waals surface area contributed by atoms with E-state index in [1.807, 2.05) is 32.0 Å². The smallest absolute Gasteiger partial charge is 0.147 e. The number of hydrogen-bond donors (Lipinski definition) is 1. The Labute approximate surface area is 134 Å². The van der Waals surface area contributed by atoms with Crippen LogP contribution in [0.15, 0.2) is 42.5 Å². The first-order chi connectivity index (χ1) is 9.82. The maximum Gasteiger partial charge on any atom is 0.147 e. The van der Waals surface area contributed by atoms with E-state index < -0.39 is 5.41 Å². The maximum absolute atomic E-state index is 12.7. The molecule has 4 heteroatoms. The Morgan fingerprint density at radius 3 is 2.33 bits per heavy atom. The van der Waals surface area contributed by atoms with E-state index >= 15 is 0 Å². The highest BCUT2D eigenvalue weighted by atomic mass is 35.5. The SMILES string of the molecule is CC(C)(C(=O)Cc1cccc(Cl)c1Cl)c1ccc(N)cc1. The van der Waals surface area contributed by atoms with Crippen molar-refractivity contribution in [1.29, 1.82) is 0 Å². The highest BCUT2D eigenvalue weighted by Crippen LogP contribution is 2.30. The molecule has 0 spiro atoms. The summed E-state index contributed by atoms with van der Waals surface area (Å²) < 4.78 is 0. The standard InChI is InChI=1S/C17H17Cl2NO/c1-17(2,12-6-8-13(20)9-7-12)15(21)10-11-4-3-5-14(18)16(11)19/h3-9H,10,20H2,1-2H3. The third kappa shape index (κ3) is 3.39. The molecule has 2 aromatic carbocycles. The number of carbonyl (C=O) groups is 1. The number of ketones is 1. The van der Waals surface area contributed by atoms with Gasteiger partial charge in [-0.05, 0) is 43.2 Å². The lowest BCUT2D eigenvalue weighted by Crippen LogP contribution is -2.30. The Hall–Kier alpha value is -1.51. The van der Waals surface area contributed by atoms with E-state index in [1.54, 1.807) is 24.3 Å². The number of nitrogen functional groups attached to an aromatic ring is 1. The molecule has 0 aliphatic heterocycles. The molecular weight excluding hydrogens is 305 g/mol. The first kappa shape index (κ1) is 15.9. The van der Waals surface area contributed by atoms with Crippen molar-refractivity contribution in [1.82, 2.24) is 0 Å². The van der Waals surface area contributed by atoms with Crippen LogP contribution in [0.4, 0.5) is 5.69 Å². The van der Waals surface area contributed by atoms with Gasteiger partial charge in [0.25, 0.3) is 0 Å². The number of halogens is 2. The molecule has 0 bridgehead atoms. The van der Waals surface area contributed by atoms with Gasteiger partial charge < -0.3 is 5.73 Å². The minimum Gasteiger partial charge on any atom is -0.399 e. The predicted octanol–water partition coefficient (Wildman–Crippen LogP) is 4.67. The van der Waals surface area contributed by atoms with Crippen LogP contribution in [0.2, 0.25) is 10.0 Å². The molecule has 2 N–H and O–H groups in total. The molecular formula is C17H17Cl2NO. The van der Waals surface area contributed by atoms with E-state index in [2.05, 4.69) is 0 Å². The van der Waals surface area contributed by atoms with E-state index in [9.17, 15) is 4.79 Å². The van der Waals surface area contributed by atoms with Crippen LogP contribution in [0.1, 0.15) is 25.0 Å². The average Bonchev–Trinajstić information content (AvgIpc) is 2.44. The van der Waals surface area contributed by atoms with Crippen LogP contribution in [0.3, 0.4) is 0 Å². The fourth-order valence-corrected chi connectivity index (χ4v) is 2.53. The summed E-state index contributed by atoms with van der Waals surface area (Å²) in [4.78, 5) is 12.7. The van der Waals surface area contributed by atoms with Crippen molar-refractivity contribution in [2.75, 3.05) is 5.73 Å². The zero-order valence-corrected chi connectivity index (χ0v) is 13.5. The molecule has 0 amide bonds. The fraction of sp³-hybridized carbons (Fsp3) is 0.235. The molecule has 110 valence electrons. The predicted molar refractivity (Wildman–Crippen MR) is 89.1 cm³/mol. The maximum atomic E-state index is 12.7.